The standard InChI is InChI=1S/C11H12N2O4/c1-13-10(14)11(15,16)9(12-13)7-3-5-8(17-2)6-4-7/h3-6,15-16H,1-2H3. The van der Waals surface area contributed by atoms with Gasteiger partial charge in [0.2, 0.25) is 0 Å². The molecule has 0 radical (unpaired) electrons. The molecule has 0 saturated carbocycles. The molecule has 2 N–H and O–H groups in total. The van der Waals surface area contributed by atoms with Crippen molar-refractivity contribution in [3.8, 4) is 5.75 Å². The molecule has 0 spiro atoms. The normalized spacial score (nSPS) is 18.2. The summed E-state index contributed by atoms with van der Waals surface area (Å²) in [6.45, 7) is 0. The second-order valence-corrected chi connectivity index (χ2v) is 3.68. The summed E-state index contributed by atoms with van der Waals surface area (Å²) in [5, 5.41) is 24.1. The lowest BCUT2D eigenvalue weighted by Gasteiger charge is -2.15. The zero-order chi connectivity index (χ0) is 12.6. The predicted octanol–water partition coefficient (Wildman–Crippen LogP) is -0.448. The van der Waals surface area contributed by atoms with Gasteiger partial charge in [0.05, 0.1) is 7.11 Å². The fourth-order valence-corrected chi connectivity index (χ4v) is 1.60. The van der Waals surface area contributed by atoms with E-state index in [1.54, 1.807) is 24.3 Å². The minimum Gasteiger partial charge on any atom is -0.497 e. The van der Waals surface area contributed by atoms with E-state index in [9.17, 15) is 15.0 Å². The summed E-state index contributed by atoms with van der Waals surface area (Å²) in [6.07, 6.45) is 0. The van der Waals surface area contributed by atoms with Gasteiger partial charge >= 0.3 is 5.91 Å². The maximum atomic E-state index is 11.4. The largest absolute Gasteiger partial charge is 0.497 e. The molecule has 0 bridgehead atoms. The molecule has 2 rings (SSSR count). The molecule has 0 saturated heterocycles. The Labute approximate surface area is 97.7 Å². The van der Waals surface area contributed by atoms with Crippen molar-refractivity contribution >= 4 is 11.6 Å². The van der Waals surface area contributed by atoms with Gasteiger partial charge in [0.15, 0.2) is 0 Å². The number of hydrogen-bond acceptors (Lipinski definition) is 5. The number of benzene rings is 1. The van der Waals surface area contributed by atoms with Crippen LogP contribution in [0.2, 0.25) is 0 Å². The SMILES string of the molecule is COc1ccc(C2=NN(C)C(=O)C2(O)O)cc1. The van der Waals surface area contributed by atoms with Gasteiger partial charge in [0, 0.05) is 12.6 Å². The molecule has 90 valence electrons. The van der Waals surface area contributed by atoms with Crippen molar-refractivity contribution in [2.75, 3.05) is 14.2 Å². The molecule has 0 fully saturated rings. The van der Waals surface area contributed by atoms with Gasteiger partial charge in [-0.15, -0.1) is 0 Å². The van der Waals surface area contributed by atoms with Crippen molar-refractivity contribution in [3.63, 3.8) is 0 Å². The molecular formula is C11H12N2O4. The molecule has 1 aromatic rings. The van der Waals surface area contributed by atoms with Gasteiger partial charge in [-0.25, -0.2) is 5.01 Å². The number of hydrazone groups is 1. The van der Waals surface area contributed by atoms with Gasteiger partial charge in [0.25, 0.3) is 5.79 Å². The number of carbonyl (C=O) groups is 1. The van der Waals surface area contributed by atoms with E-state index in [1.165, 1.54) is 14.2 Å². The van der Waals surface area contributed by atoms with E-state index in [0.29, 0.717) is 11.3 Å². The third-order valence-electron chi connectivity index (χ3n) is 2.54. The summed E-state index contributed by atoms with van der Waals surface area (Å²) in [6, 6.07) is 6.50. The fourth-order valence-electron chi connectivity index (χ4n) is 1.60. The Bertz CT molecular complexity index is 479. The minimum atomic E-state index is -2.57. The van der Waals surface area contributed by atoms with Gasteiger partial charge in [-0.1, -0.05) is 0 Å². The van der Waals surface area contributed by atoms with Gasteiger partial charge in [0.1, 0.15) is 11.5 Å². The Balaban J connectivity index is 2.40. The highest BCUT2D eigenvalue weighted by atomic mass is 16.5. The van der Waals surface area contributed by atoms with E-state index in [2.05, 4.69) is 5.10 Å². The molecular weight excluding hydrogens is 224 g/mol. The molecule has 1 aliphatic rings. The van der Waals surface area contributed by atoms with Crippen molar-refractivity contribution in [2.24, 2.45) is 5.10 Å². The van der Waals surface area contributed by atoms with Crippen LogP contribution in [0.15, 0.2) is 29.4 Å². The summed E-state index contributed by atoms with van der Waals surface area (Å²) < 4.78 is 4.98. The predicted molar refractivity (Wildman–Crippen MR) is 59.5 cm³/mol. The highest BCUT2D eigenvalue weighted by molar-refractivity contribution is 6.20. The lowest BCUT2D eigenvalue weighted by atomic mass is 10.0. The summed E-state index contributed by atoms with van der Waals surface area (Å²) in [7, 11) is 2.89. The average Bonchev–Trinajstić information content (AvgIpc) is 2.53. The van der Waals surface area contributed by atoms with Gasteiger partial charge in [-0.05, 0) is 24.3 Å². The summed E-state index contributed by atoms with van der Waals surface area (Å²) in [5.41, 5.74) is 0.362. The van der Waals surface area contributed by atoms with Crippen LogP contribution in [-0.4, -0.2) is 46.8 Å². The number of aliphatic hydroxyl groups is 2. The van der Waals surface area contributed by atoms with Crippen molar-refractivity contribution in [1.82, 2.24) is 5.01 Å². The van der Waals surface area contributed by atoms with Crippen molar-refractivity contribution < 1.29 is 19.7 Å². The van der Waals surface area contributed by atoms with Crippen molar-refractivity contribution in [2.45, 2.75) is 5.79 Å². The zero-order valence-corrected chi connectivity index (χ0v) is 9.41. The minimum absolute atomic E-state index is 0.0901. The zero-order valence-electron chi connectivity index (χ0n) is 9.41. The molecule has 0 aromatic heterocycles. The second kappa shape index (κ2) is 3.83. The molecule has 6 heteroatoms. The first-order valence-electron chi connectivity index (χ1n) is 4.93. The number of nitrogens with zero attached hydrogens (tertiary/aromatic N) is 2. The fraction of sp³-hybridized carbons (Fsp3) is 0.273. The topological polar surface area (TPSA) is 82.4 Å². The molecule has 1 aliphatic heterocycles. The van der Waals surface area contributed by atoms with Gasteiger partial charge in [-0.2, -0.15) is 5.10 Å². The van der Waals surface area contributed by atoms with Crippen molar-refractivity contribution in [3.05, 3.63) is 29.8 Å². The highest BCUT2D eigenvalue weighted by Gasteiger charge is 2.47. The van der Waals surface area contributed by atoms with Crippen LogP contribution in [-0.2, 0) is 4.79 Å². The Morgan fingerprint density at radius 3 is 2.29 bits per heavy atom. The molecule has 17 heavy (non-hydrogen) atoms. The molecule has 1 heterocycles. The molecule has 1 amide bonds. The van der Waals surface area contributed by atoms with Crippen LogP contribution in [0.4, 0.5) is 0 Å². The van der Waals surface area contributed by atoms with E-state index in [1.807, 2.05) is 0 Å². The van der Waals surface area contributed by atoms with Crippen LogP contribution in [0.25, 0.3) is 0 Å². The van der Waals surface area contributed by atoms with Crippen LogP contribution in [0, 0.1) is 0 Å². The molecule has 1 aromatic carbocycles. The first kappa shape index (κ1) is 11.6. The van der Waals surface area contributed by atoms with E-state index < -0.39 is 11.7 Å². The Morgan fingerprint density at radius 1 is 1.29 bits per heavy atom. The van der Waals surface area contributed by atoms with E-state index in [0.717, 1.165) is 5.01 Å². The summed E-state index contributed by atoms with van der Waals surface area (Å²) in [4.78, 5) is 11.4. The third-order valence-corrected chi connectivity index (χ3v) is 2.54. The number of rotatable bonds is 2. The lowest BCUT2D eigenvalue weighted by molar-refractivity contribution is -0.166. The molecule has 6 nitrogen and oxygen atoms in total. The number of amides is 1. The Kier molecular flexibility index (Phi) is 2.60. The first-order valence-corrected chi connectivity index (χ1v) is 4.93. The van der Waals surface area contributed by atoms with Gasteiger partial charge < -0.3 is 14.9 Å². The second-order valence-electron chi connectivity index (χ2n) is 3.68. The number of methoxy groups -OCH3 is 1. The van der Waals surface area contributed by atoms with Crippen molar-refractivity contribution in [1.29, 1.82) is 0 Å². The maximum Gasteiger partial charge on any atom is 0.309 e. The monoisotopic (exact) mass is 236 g/mol. The lowest BCUT2D eigenvalue weighted by Crippen LogP contribution is -2.45. The first-order chi connectivity index (χ1) is 7.96. The van der Waals surface area contributed by atoms with Crippen LogP contribution < -0.4 is 4.74 Å². The van der Waals surface area contributed by atoms with Crippen LogP contribution in [0.1, 0.15) is 5.56 Å². The molecule has 0 aliphatic carbocycles. The highest BCUT2D eigenvalue weighted by Crippen LogP contribution is 2.23. The maximum absolute atomic E-state index is 11.4. The number of hydrogen-bond donors (Lipinski definition) is 2. The van der Waals surface area contributed by atoms with Crippen LogP contribution >= 0.6 is 0 Å². The Hall–Kier alpha value is -1.92. The number of carbonyl (C=O) groups excluding carboxylic acids is 1. The quantitative estimate of drug-likeness (QED) is 0.681. The van der Waals surface area contributed by atoms with E-state index in [-0.39, 0.29) is 5.71 Å². The number of ether oxygens (including phenoxy) is 1. The van der Waals surface area contributed by atoms with E-state index in [4.69, 9.17) is 4.74 Å². The number of likely N-dealkylation sites (N-methyl/N-ethyl adjacent to an activating group) is 1. The van der Waals surface area contributed by atoms with E-state index >= 15 is 0 Å². The third kappa shape index (κ3) is 1.77. The Morgan fingerprint density at radius 2 is 1.88 bits per heavy atom. The van der Waals surface area contributed by atoms with Crippen LogP contribution in [0.3, 0.4) is 0 Å². The molecule has 0 atom stereocenters. The average molecular weight is 236 g/mol. The summed E-state index contributed by atoms with van der Waals surface area (Å²) >= 11 is 0. The smallest absolute Gasteiger partial charge is 0.309 e. The summed E-state index contributed by atoms with van der Waals surface area (Å²) in [5.74, 6) is -2.81. The molecule has 0 unspecified atom stereocenters. The van der Waals surface area contributed by atoms with Crippen LogP contribution in [0.5, 0.6) is 5.75 Å². The van der Waals surface area contributed by atoms with Gasteiger partial charge in [-0.3, -0.25) is 4.79 Å².